The third kappa shape index (κ3) is 4.95. The molecule has 1 aromatic carbocycles. The number of carbonyl (C=O) groups is 1. The molecule has 0 bridgehead atoms. The number of aryl methyl sites for hydroxylation is 1. The molecule has 0 spiro atoms. The maximum atomic E-state index is 13.7. The quantitative estimate of drug-likeness (QED) is 0.792. The molecule has 1 aromatic heterocycles. The SMILES string of the molecule is O=C(NCCCn1cccn1)N1CCC(Nc2ccccc2F)CC1. The number of hydrogen-bond acceptors (Lipinski definition) is 3. The molecule has 0 radical (unpaired) electrons. The average molecular weight is 345 g/mol. The molecule has 0 aliphatic carbocycles. The third-order valence-electron chi connectivity index (χ3n) is 4.42. The number of halogens is 1. The van der Waals surface area contributed by atoms with Gasteiger partial charge in [-0.3, -0.25) is 4.68 Å². The van der Waals surface area contributed by atoms with Crippen molar-refractivity contribution in [2.45, 2.75) is 31.8 Å². The van der Waals surface area contributed by atoms with Crippen molar-refractivity contribution in [3.8, 4) is 0 Å². The molecule has 1 aliphatic rings. The van der Waals surface area contributed by atoms with E-state index >= 15 is 0 Å². The number of urea groups is 1. The van der Waals surface area contributed by atoms with Gasteiger partial charge in [0.1, 0.15) is 5.82 Å². The fourth-order valence-electron chi connectivity index (χ4n) is 3.01. The average Bonchev–Trinajstić information content (AvgIpc) is 3.15. The summed E-state index contributed by atoms with van der Waals surface area (Å²) in [5, 5.41) is 10.3. The smallest absolute Gasteiger partial charge is 0.317 e. The van der Waals surface area contributed by atoms with Gasteiger partial charge in [0.15, 0.2) is 0 Å². The number of hydrogen-bond donors (Lipinski definition) is 2. The van der Waals surface area contributed by atoms with Crippen LogP contribution in [0.3, 0.4) is 0 Å². The van der Waals surface area contributed by atoms with Crippen LogP contribution in [0.4, 0.5) is 14.9 Å². The number of nitrogens with one attached hydrogen (secondary N) is 2. The number of rotatable bonds is 6. The van der Waals surface area contributed by atoms with Gasteiger partial charge in [0, 0.05) is 44.6 Å². The van der Waals surface area contributed by atoms with E-state index in [9.17, 15) is 9.18 Å². The Morgan fingerprint density at radius 2 is 2.04 bits per heavy atom. The second-order valence-corrected chi connectivity index (χ2v) is 6.24. The summed E-state index contributed by atoms with van der Waals surface area (Å²) in [7, 11) is 0. The highest BCUT2D eigenvalue weighted by atomic mass is 19.1. The van der Waals surface area contributed by atoms with Crippen LogP contribution in [0.5, 0.6) is 0 Å². The summed E-state index contributed by atoms with van der Waals surface area (Å²) in [6.45, 7) is 2.78. The highest BCUT2D eigenvalue weighted by Gasteiger charge is 2.22. The molecule has 2 heterocycles. The Labute approximate surface area is 147 Å². The Hall–Kier alpha value is -2.57. The first-order valence-corrected chi connectivity index (χ1v) is 8.73. The molecule has 2 aromatic rings. The molecule has 6 nitrogen and oxygen atoms in total. The minimum atomic E-state index is -0.236. The normalized spacial score (nSPS) is 15.2. The van der Waals surface area contributed by atoms with Crippen LogP contribution >= 0.6 is 0 Å². The van der Waals surface area contributed by atoms with Crippen molar-refractivity contribution in [3.63, 3.8) is 0 Å². The van der Waals surface area contributed by atoms with Gasteiger partial charge in [-0.25, -0.2) is 9.18 Å². The standard InChI is InChI=1S/C18H24FN5O/c19-16-5-1-2-6-17(16)22-15-7-13-23(14-8-15)18(25)20-9-3-11-24-12-4-10-21-24/h1-2,4-6,10,12,15,22H,3,7-9,11,13-14H2,(H,20,25). The van der Waals surface area contributed by atoms with Crippen LogP contribution in [-0.2, 0) is 6.54 Å². The van der Waals surface area contributed by atoms with Crippen molar-refractivity contribution in [2.24, 2.45) is 0 Å². The van der Waals surface area contributed by atoms with Crippen molar-refractivity contribution >= 4 is 11.7 Å². The zero-order valence-corrected chi connectivity index (χ0v) is 14.2. The maximum Gasteiger partial charge on any atom is 0.317 e. The van der Waals surface area contributed by atoms with Crippen molar-refractivity contribution in [3.05, 3.63) is 48.5 Å². The number of carbonyl (C=O) groups excluding carboxylic acids is 1. The molecule has 1 aliphatic heterocycles. The zero-order chi connectivity index (χ0) is 17.5. The summed E-state index contributed by atoms with van der Waals surface area (Å²) in [6, 6.07) is 8.75. The topological polar surface area (TPSA) is 62.2 Å². The van der Waals surface area contributed by atoms with Crippen LogP contribution in [0.2, 0.25) is 0 Å². The maximum absolute atomic E-state index is 13.7. The van der Waals surface area contributed by atoms with Crippen LogP contribution in [0, 0.1) is 5.82 Å². The number of benzene rings is 1. The molecule has 3 rings (SSSR count). The lowest BCUT2D eigenvalue weighted by Gasteiger charge is -2.33. The predicted molar refractivity (Wildman–Crippen MR) is 94.9 cm³/mol. The number of aromatic nitrogens is 2. The van der Waals surface area contributed by atoms with E-state index in [2.05, 4.69) is 15.7 Å². The first-order valence-electron chi connectivity index (χ1n) is 8.73. The summed E-state index contributed by atoms with van der Waals surface area (Å²) in [4.78, 5) is 14.0. The van der Waals surface area contributed by atoms with Gasteiger partial charge >= 0.3 is 6.03 Å². The molecule has 2 N–H and O–H groups in total. The Morgan fingerprint density at radius 3 is 2.76 bits per heavy atom. The molecular formula is C18H24FN5O. The van der Waals surface area contributed by atoms with E-state index in [-0.39, 0.29) is 17.9 Å². The van der Waals surface area contributed by atoms with E-state index in [1.807, 2.05) is 27.9 Å². The first-order chi connectivity index (χ1) is 12.2. The van der Waals surface area contributed by atoms with Gasteiger partial charge in [-0.2, -0.15) is 5.10 Å². The van der Waals surface area contributed by atoms with Crippen LogP contribution in [0.25, 0.3) is 0 Å². The van der Waals surface area contributed by atoms with Gasteiger partial charge in [-0.1, -0.05) is 12.1 Å². The third-order valence-corrected chi connectivity index (χ3v) is 4.42. The summed E-state index contributed by atoms with van der Waals surface area (Å²) in [5.41, 5.74) is 0.532. The van der Waals surface area contributed by atoms with Gasteiger partial charge in [0.05, 0.1) is 5.69 Å². The van der Waals surface area contributed by atoms with E-state index < -0.39 is 0 Å². The summed E-state index contributed by atoms with van der Waals surface area (Å²) >= 11 is 0. The predicted octanol–water partition coefficient (Wildman–Crippen LogP) is 2.70. The van der Waals surface area contributed by atoms with Crippen molar-refractivity contribution in [1.29, 1.82) is 0 Å². The van der Waals surface area contributed by atoms with Gasteiger partial charge in [0.2, 0.25) is 0 Å². The first kappa shape index (κ1) is 17.3. The number of para-hydroxylation sites is 1. The van der Waals surface area contributed by atoms with Crippen LogP contribution < -0.4 is 10.6 Å². The van der Waals surface area contributed by atoms with E-state index in [0.717, 1.165) is 25.8 Å². The fourth-order valence-corrected chi connectivity index (χ4v) is 3.01. The molecule has 25 heavy (non-hydrogen) atoms. The molecule has 2 amide bonds. The van der Waals surface area contributed by atoms with Crippen molar-refractivity contribution in [1.82, 2.24) is 20.0 Å². The van der Waals surface area contributed by atoms with E-state index in [0.29, 0.717) is 25.3 Å². The molecule has 134 valence electrons. The Bertz CT molecular complexity index is 668. The minimum absolute atomic E-state index is 0.0233. The van der Waals surface area contributed by atoms with Crippen molar-refractivity contribution in [2.75, 3.05) is 25.0 Å². The molecule has 7 heteroatoms. The molecule has 1 saturated heterocycles. The number of anilines is 1. The summed E-state index contributed by atoms with van der Waals surface area (Å²) in [5.74, 6) is -0.236. The lowest BCUT2D eigenvalue weighted by atomic mass is 10.0. The number of nitrogens with zero attached hydrogens (tertiary/aromatic N) is 3. The lowest BCUT2D eigenvalue weighted by molar-refractivity contribution is 0.183. The lowest BCUT2D eigenvalue weighted by Crippen LogP contribution is -2.47. The monoisotopic (exact) mass is 345 g/mol. The van der Waals surface area contributed by atoms with E-state index in [1.54, 1.807) is 18.3 Å². The number of piperidine rings is 1. The second kappa shape index (κ2) is 8.50. The van der Waals surface area contributed by atoms with Crippen LogP contribution in [-0.4, -0.2) is 46.4 Å². The highest BCUT2D eigenvalue weighted by molar-refractivity contribution is 5.74. The molecular weight excluding hydrogens is 321 g/mol. The Morgan fingerprint density at radius 1 is 1.24 bits per heavy atom. The van der Waals surface area contributed by atoms with E-state index in [1.165, 1.54) is 6.07 Å². The van der Waals surface area contributed by atoms with Crippen LogP contribution in [0.1, 0.15) is 19.3 Å². The molecule has 0 atom stereocenters. The van der Waals surface area contributed by atoms with E-state index in [4.69, 9.17) is 0 Å². The van der Waals surface area contributed by atoms with Gasteiger partial charge in [-0.15, -0.1) is 0 Å². The van der Waals surface area contributed by atoms with Crippen molar-refractivity contribution < 1.29 is 9.18 Å². The summed E-state index contributed by atoms with van der Waals surface area (Å²) in [6.07, 6.45) is 6.13. The zero-order valence-electron chi connectivity index (χ0n) is 14.2. The minimum Gasteiger partial charge on any atom is -0.380 e. The summed E-state index contributed by atoms with van der Waals surface area (Å²) < 4.78 is 15.5. The molecule has 0 saturated carbocycles. The number of amides is 2. The van der Waals surface area contributed by atoms with Gasteiger partial charge in [0.25, 0.3) is 0 Å². The molecule has 1 fully saturated rings. The fraction of sp³-hybridized carbons (Fsp3) is 0.444. The van der Waals surface area contributed by atoms with Gasteiger partial charge in [-0.05, 0) is 37.5 Å². The number of likely N-dealkylation sites (tertiary alicyclic amines) is 1. The van der Waals surface area contributed by atoms with Crippen LogP contribution in [0.15, 0.2) is 42.7 Å². The van der Waals surface area contributed by atoms with Gasteiger partial charge < -0.3 is 15.5 Å². The molecule has 0 unspecified atom stereocenters. The Kier molecular flexibility index (Phi) is 5.87. The highest BCUT2D eigenvalue weighted by Crippen LogP contribution is 2.19. The largest absolute Gasteiger partial charge is 0.380 e. The second-order valence-electron chi connectivity index (χ2n) is 6.24. The Balaban J connectivity index is 1.35.